The summed E-state index contributed by atoms with van der Waals surface area (Å²) in [6.07, 6.45) is 2.01. The number of carbonyl (C=O) groups is 2. The van der Waals surface area contributed by atoms with E-state index in [4.69, 9.17) is 0 Å². The number of aromatic nitrogens is 1. The second-order valence-corrected chi connectivity index (χ2v) is 8.14. The van der Waals surface area contributed by atoms with Crippen LogP contribution in [0.1, 0.15) is 40.1 Å². The summed E-state index contributed by atoms with van der Waals surface area (Å²) in [6, 6.07) is 0.449. The molecule has 2 atom stereocenters. The number of nitrogens with one attached hydrogen (secondary N) is 2. The second-order valence-electron chi connectivity index (χ2n) is 7.06. The Morgan fingerprint density at radius 3 is 2.88 bits per heavy atom. The Balaban J connectivity index is 0.00000243. The highest BCUT2D eigenvalue weighted by Crippen LogP contribution is 2.25. The average molecular weight is 402 g/mol. The van der Waals surface area contributed by atoms with Gasteiger partial charge in [-0.1, -0.05) is 0 Å². The molecule has 146 valence electrons. The summed E-state index contributed by atoms with van der Waals surface area (Å²) in [7, 11) is 3.53. The monoisotopic (exact) mass is 401 g/mol. The Kier molecular flexibility index (Phi) is 7.40. The second kappa shape index (κ2) is 9.12. The van der Waals surface area contributed by atoms with E-state index in [1.807, 2.05) is 4.90 Å². The van der Waals surface area contributed by atoms with Crippen LogP contribution in [0.25, 0.3) is 0 Å². The highest BCUT2D eigenvalue weighted by atomic mass is 35.5. The van der Waals surface area contributed by atoms with E-state index < -0.39 is 0 Å². The number of rotatable bonds is 4. The van der Waals surface area contributed by atoms with Crippen molar-refractivity contribution in [2.75, 3.05) is 33.7 Å². The number of hydrogen-bond donors (Lipinski definition) is 2. The molecule has 1 fully saturated rings. The Morgan fingerprint density at radius 1 is 1.38 bits per heavy atom. The van der Waals surface area contributed by atoms with Gasteiger partial charge in [0.15, 0.2) is 5.01 Å². The molecule has 2 N–H and O–H groups in total. The number of amides is 2. The molecule has 9 heteroatoms. The molecule has 1 aromatic heterocycles. The predicted molar refractivity (Wildman–Crippen MR) is 105 cm³/mol. The molecule has 26 heavy (non-hydrogen) atoms. The molecule has 2 aliphatic rings. The topological polar surface area (TPSA) is 77.6 Å². The van der Waals surface area contributed by atoms with E-state index in [0.717, 1.165) is 31.7 Å². The zero-order chi connectivity index (χ0) is 18.0. The van der Waals surface area contributed by atoms with Gasteiger partial charge in [0.25, 0.3) is 5.91 Å². The van der Waals surface area contributed by atoms with E-state index in [-0.39, 0.29) is 30.3 Å². The number of nitrogens with zero attached hydrogens (tertiary/aromatic N) is 3. The zero-order valence-corrected chi connectivity index (χ0v) is 17.2. The lowest BCUT2D eigenvalue weighted by Gasteiger charge is -2.35. The van der Waals surface area contributed by atoms with Gasteiger partial charge in [0, 0.05) is 70.1 Å². The van der Waals surface area contributed by atoms with Gasteiger partial charge in [-0.15, -0.1) is 23.7 Å². The molecule has 0 radical (unpaired) electrons. The molecular formula is C17H28ClN5O2S. The smallest absolute Gasteiger partial charge is 0.283 e. The number of thiazole rings is 1. The quantitative estimate of drug-likeness (QED) is 0.783. The number of fused-ring (bicyclic) bond motifs is 1. The average Bonchev–Trinajstić information content (AvgIpc) is 3.02. The summed E-state index contributed by atoms with van der Waals surface area (Å²) in [6.45, 7) is 5.11. The van der Waals surface area contributed by atoms with Gasteiger partial charge in [-0.2, -0.15) is 0 Å². The van der Waals surface area contributed by atoms with Crippen molar-refractivity contribution in [3.8, 4) is 0 Å². The van der Waals surface area contributed by atoms with Crippen LogP contribution in [0, 0.1) is 0 Å². The van der Waals surface area contributed by atoms with E-state index in [0.29, 0.717) is 30.4 Å². The molecule has 2 aliphatic heterocycles. The van der Waals surface area contributed by atoms with Gasteiger partial charge in [0.1, 0.15) is 0 Å². The number of halogens is 1. The first-order valence-electron chi connectivity index (χ1n) is 8.89. The molecule has 0 aromatic carbocycles. The molecule has 0 saturated carbocycles. The van der Waals surface area contributed by atoms with Crippen molar-refractivity contribution < 1.29 is 9.59 Å². The fourth-order valence-corrected chi connectivity index (χ4v) is 4.32. The number of hydrogen-bond acceptors (Lipinski definition) is 6. The van der Waals surface area contributed by atoms with E-state index in [9.17, 15) is 9.59 Å². The third-order valence-corrected chi connectivity index (χ3v) is 5.96. The summed E-state index contributed by atoms with van der Waals surface area (Å²) in [5, 5.41) is 7.34. The summed E-state index contributed by atoms with van der Waals surface area (Å²) in [5.41, 5.74) is 1.06. The van der Waals surface area contributed by atoms with Crippen molar-refractivity contribution in [1.29, 1.82) is 0 Å². The van der Waals surface area contributed by atoms with Crippen LogP contribution in [0.5, 0.6) is 0 Å². The normalized spacial score (nSPS) is 22.3. The molecule has 3 rings (SSSR count). The van der Waals surface area contributed by atoms with Crippen molar-refractivity contribution in [2.24, 2.45) is 0 Å². The highest BCUT2D eigenvalue weighted by Gasteiger charge is 2.31. The Hall–Kier alpha value is -1.22. The van der Waals surface area contributed by atoms with Crippen LogP contribution in [0.15, 0.2) is 0 Å². The molecule has 3 heterocycles. The van der Waals surface area contributed by atoms with Gasteiger partial charge in [-0.05, 0) is 13.3 Å². The van der Waals surface area contributed by atoms with Crippen LogP contribution >= 0.6 is 23.7 Å². The van der Waals surface area contributed by atoms with Crippen molar-refractivity contribution in [1.82, 2.24) is 25.4 Å². The van der Waals surface area contributed by atoms with Gasteiger partial charge in [-0.3, -0.25) is 9.59 Å². The lowest BCUT2D eigenvalue weighted by molar-refractivity contribution is -0.129. The third-order valence-electron chi connectivity index (χ3n) is 4.87. The van der Waals surface area contributed by atoms with Crippen LogP contribution in [0.3, 0.4) is 0 Å². The fourth-order valence-electron chi connectivity index (χ4n) is 3.32. The predicted octanol–water partition coefficient (Wildman–Crippen LogP) is 0.881. The minimum atomic E-state index is 0. The Morgan fingerprint density at radius 2 is 2.15 bits per heavy atom. The van der Waals surface area contributed by atoms with E-state index >= 15 is 0 Å². The van der Waals surface area contributed by atoms with Crippen molar-refractivity contribution in [2.45, 2.75) is 44.8 Å². The fraction of sp³-hybridized carbons (Fsp3) is 0.706. The van der Waals surface area contributed by atoms with Crippen molar-refractivity contribution in [3.63, 3.8) is 0 Å². The number of carbonyl (C=O) groups excluding carboxylic acids is 2. The van der Waals surface area contributed by atoms with E-state index in [2.05, 4.69) is 22.5 Å². The van der Waals surface area contributed by atoms with Gasteiger partial charge in [0.2, 0.25) is 5.91 Å². The summed E-state index contributed by atoms with van der Waals surface area (Å²) in [5.74, 6) is 0.110. The first kappa shape index (κ1) is 21.1. The van der Waals surface area contributed by atoms with Crippen LogP contribution in [0.4, 0.5) is 0 Å². The van der Waals surface area contributed by atoms with Crippen molar-refractivity contribution in [3.05, 3.63) is 15.6 Å². The molecule has 1 aromatic rings. The van der Waals surface area contributed by atoms with Crippen molar-refractivity contribution >= 4 is 35.6 Å². The molecule has 0 spiro atoms. The lowest BCUT2D eigenvalue weighted by atomic mass is 10.1. The molecule has 0 bridgehead atoms. The van der Waals surface area contributed by atoms with Crippen LogP contribution in [0.2, 0.25) is 0 Å². The molecule has 2 amide bonds. The maximum Gasteiger partial charge on any atom is 0.283 e. The Bertz CT molecular complexity index is 651. The van der Waals surface area contributed by atoms with E-state index in [1.54, 1.807) is 19.0 Å². The maximum atomic E-state index is 13.0. The van der Waals surface area contributed by atoms with Gasteiger partial charge < -0.3 is 20.4 Å². The Labute approximate surface area is 164 Å². The maximum absolute atomic E-state index is 13.0. The number of piperazine rings is 1. The summed E-state index contributed by atoms with van der Waals surface area (Å²) < 4.78 is 0. The minimum absolute atomic E-state index is 0. The SMILES string of the molecule is CC1Cc2nc(C(=O)N3CCNCC3CCC(=O)N(C)C)sc2CN1.Cl. The summed E-state index contributed by atoms with van der Waals surface area (Å²) in [4.78, 5) is 34.2. The molecule has 2 unspecified atom stereocenters. The van der Waals surface area contributed by atoms with Gasteiger partial charge in [-0.25, -0.2) is 4.98 Å². The summed E-state index contributed by atoms with van der Waals surface area (Å²) >= 11 is 1.51. The largest absolute Gasteiger partial charge is 0.349 e. The van der Waals surface area contributed by atoms with Crippen LogP contribution < -0.4 is 10.6 Å². The zero-order valence-electron chi connectivity index (χ0n) is 15.6. The molecule has 1 saturated heterocycles. The standard InChI is InChI=1S/C17H27N5O2S.ClH/c1-11-8-13-14(10-19-11)25-16(20-13)17(24)22-7-6-18-9-12(22)4-5-15(23)21(2)3;/h11-12,18-19H,4-10H2,1-3H3;1H. The van der Waals surface area contributed by atoms with Crippen LogP contribution in [-0.4, -0.2) is 72.4 Å². The lowest BCUT2D eigenvalue weighted by Crippen LogP contribution is -2.53. The molecule has 7 nitrogen and oxygen atoms in total. The van der Waals surface area contributed by atoms with Crippen LogP contribution in [-0.2, 0) is 17.8 Å². The highest BCUT2D eigenvalue weighted by molar-refractivity contribution is 7.13. The first-order chi connectivity index (χ1) is 12.0. The molecule has 0 aliphatic carbocycles. The molecular weight excluding hydrogens is 374 g/mol. The first-order valence-corrected chi connectivity index (χ1v) is 9.71. The van der Waals surface area contributed by atoms with Gasteiger partial charge in [0.05, 0.1) is 5.69 Å². The minimum Gasteiger partial charge on any atom is -0.349 e. The third kappa shape index (κ3) is 4.73. The van der Waals surface area contributed by atoms with E-state index in [1.165, 1.54) is 16.2 Å². The van der Waals surface area contributed by atoms with Gasteiger partial charge >= 0.3 is 0 Å².